The fourth-order valence-electron chi connectivity index (χ4n) is 2.93. The quantitative estimate of drug-likeness (QED) is 0.843. The third-order valence-electron chi connectivity index (χ3n) is 4.67. The maximum atomic E-state index is 12.4. The molecule has 2 aliphatic rings. The first-order chi connectivity index (χ1) is 9.47. The molecule has 0 radical (unpaired) electrons. The van der Waals surface area contributed by atoms with Gasteiger partial charge < -0.3 is 5.11 Å². The predicted molar refractivity (Wildman–Crippen MR) is 76.7 cm³/mol. The van der Waals surface area contributed by atoms with Gasteiger partial charge in [-0.05, 0) is 61.1 Å². The molecule has 0 aliphatic heterocycles. The van der Waals surface area contributed by atoms with Crippen LogP contribution in [0.2, 0.25) is 0 Å². The average molecular weight is 295 g/mol. The maximum Gasteiger partial charge on any atom is 0.240 e. The van der Waals surface area contributed by atoms with Gasteiger partial charge in [0, 0.05) is 6.54 Å². The Balaban J connectivity index is 1.77. The molecular formula is C15H21NO3S. The summed E-state index contributed by atoms with van der Waals surface area (Å²) in [5, 5.41) is 9.15. The van der Waals surface area contributed by atoms with E-state index in [0.29, 0.717) is 17.7 Å². The number of benzene rings is 1. The Morgan fingerprint density at radius 2 is 2.05 bits per heavy atom. The van der Waals surface area contributed by atoms with Crippen LogP contribution in [-0.4, -0.2) is 20.1 Å². The first-order valence-electron chi connectivity index (χ1n) is 7.17. The number of aliphatic hydroxyl groups is 1. The molecule has 0 unspecified atom stereocenters. The van der Waals surface area contributed by atoms with E-state index in [4.69, 9.17) is 5.11 Å². The lowest BCUT2D eigenvalue weighted by Gasteiger charge is -2.16. The molecule has 1 aromatic rings. The second-order valence-corrected chi connectivity index (χ2v) is 7.95. The van der Waals surface area contributed by atoms with Crippen molar-refractivity contribution in [2.45, 2.75) is 44.1 Å². The first-order valence-corrected chi connectivity index (χ1v) is 8.65. The van der Waals surface area contributed by atoms with E-state index >= 15 is 0 Å². The van der Waals surface area contributed by atoms with E-state index in [-0.39, 0.29) is 16.9 Å². The van der Waals surface area contributed by atoms with Gasteiger partial charge in [0.25, 0.3) is 0 Å². The summed E-state index contributed by atoms with van der Waals surface area (Å²) < 4.78 is 27.7. The zero-order chi connectivity index (χ0) is 14.4. The molecule has 110 valence electrons. The largest absolute Gasteiger partial charge is 0.392 e. The third kappa shape index (κ3) is 2.62. The van der Waals surface area contributed by atoms with Crippen LogP contribution in [0.1, 0.15) is 36.8 Å². The van der Waals surface area contributed by atoms with Crippen molar-refractivity contribution in [3.8, 4) is 0 Å². The van der Waals surface area contributed by atoms with Gasteiger partial charge in [0.2, 0.25) is 10.0 Å². The second-order valence-electron chi connectivity index (χ2n) is 6.22. The highest BCUT2D eigenvalue weighted by atomic mass is 32.2. The Kier molecular flexibility index (Phi) is 3.39. The van der Waals surface area contributed by atoms with Crippen LogP contribution in [0.25, 0.3) is 0 Å². The fourth-order valence-corrected chi connectivity index (χ4v) is 4.37. The Hall–Kier alpha value is -0.910. The van der Waals surface area contributed by atoms with E-state index < -0.39 is 10.0 Å². The van der Waals surface area contributed by atoms with Gasteiger partial charge in [0.15, 0.2) is 0 Å². The number of hydrogen-bond donors (Lipinski definition) is 2. The van der Waals surface area contributed by atoms with Crippen LogP contribution in [0.5, 0.6) is 0 Å². The molecule has 0 aromatic heterocycles. The van der Waals surface area contributed by atoms with Crippen LogP contribution in [0.4, 0.5) is 0 Å². The van der Waals surface area contributed by atoms with Gasteiger partial charge in [-0.3, -0.25) is 0 Å². The molecule has 0 amide bonds. The van der Waals surface area contributed by atoms with E-state index in [9.17, 15) is 8.42 Å². The molecule has 0 spiro atoms. The SMILES string of the molecule is Cc1ccc(CO)cc1S(=O)(=O)NCC1(C2CC2)CC1. The molecule has 2 fully saturated rings. The number of sulfonamides is 1. The molecule has 0 bridgehead atoms. The highest BCUT2D eigenvalue weighted by Crippen LogP contribution is 2.60. The van der Waals surface area contributed by atoms with Gasteiger partial charge in [0.05, 0.1) is 11.5 Å². The summed E-state index contributed by atoms with van der Waals surface area (Å²) in [6.45, 7) is 2.20. The molecule has 1 aromatic carbocycles. The zero-order valence-electron chi connectivity index (χ0n) is 11.7. The van der Waals surface area contributed by atoms with Crippen molar-refractivity contribution < 1.29 is 13.5 Å². The van der Waals surface area contributed by atoms with Gasteiger partial charge >= 0.3 is 0 Å². The zero-order valence-corrected chi connectivity index (χ0v) is 12.5. The number of hydrogen-bond acceptors (Lipinski definition) is 3. The fraction of sp³-hybridized carbons (Fsp3) is 0.600. The maximum absolute atomic E-state index is 12.4. The molecule has 0 atom stereocenters. The minimum Gasteiger partial charge on any atom is -0.392 e. The summed E-state index contributed by atoms with van der Waals surface area (Å²) in [7, 11) is -3.48. The van der Waals surface area contributed by atoms with Crippen molar-refractivity contribution in [2.24, 2.45) is 11.3 Å². The van der Waals surface area contributed by atoms with Crippen LogP contribution >= 0.6 is 0 Å². The van der Waals surface area contributed by atoms with Crippen molar-refractivity contribution in [1.82, 2.24) is 4.72 Å². The lowest BCUT2D eigenvalue weighted by atomic mass is 10.0. The van der Waals surface area contributed by atoms with Crippen molar-refractivity contribution in [3.63, 3.8) is 0 Å². The topological polar surface area (TPSA) is 66.4 Å². The summed E-state index contributed by atoms with van der Waals surface area (Å²) in [5.41, 5.74) is 1.58. The molecule has 3 rings (SSSR count). The van der Waals surface area contributed by atoms with Gasteiger partial charge in [-0.15, -0.1) is 0 Å². The summed E-state index contributed by atoms with van der Waals surface area (Å²) in [4.78, 5) is 0.288. The molecule has 2 aliphatic carbocycles. The number of nitrogens with one attached hydrogen (secondary N) is 1. The number of rotatable bonds is 6. The predicted octanol–water partition coefficient (Wildman–Crippen LogP) is 1.96. The van der Waals surface area contributed by atoms with E-state index in [2.05, 4.69) is 4.72 Å². The standard InChI is InChI=1S/C15H21NO3S/c1-11-2-3-12(9-17)8-14(11)20(18,19)16-10-15(6-7-15)13-4-5-13/h2-3,8,13,16-17H,4-7,9-10H2,1H3. The summed E-state index contributed by atoms with van der Waals surface area (Å²) >= 11 is 0. The molecule has 2 N–H and O–H groups in total. The van der Waals surface area contributed by atoms with Crippen LogP contribution < -0.4 is 4.72 Å². The number of aliphatic hydroxyl groups excluding tert-OH is 1. The van der Waals surface area contributed by atoms with Gasteiger partial charge in [-0.25, -0.2) is 13.1 Å². The summed E-state index contributed by atoms with van der Waals surface area (Å²) in [6, 6.07) is 5.06. The normalized spacial score (nSPS) is 20.9. The van der Waals surface area contributed by atoms with Crippen molar-refractivity contribution in [3.05, 3.63) is 29.3 Å². The van der Waals surface area contributed by atoms with Crippen molar-refractivity contribution in [2.75, 3.05) is 6.54 Å². The molecular weight excluding hydrogens is 274 g/mol. The number of aryl methyl sites for hydroxylation is 1. The van der Waals surface area contributed by atoms with E-state index in [1.807, 2.05) is 0 Å². The molecule has 5 heteroatoms. The monoisotopic (exact) mass is 295 g/mol. The molecule has 0 heterocycles. The molecule has 0 saturated heterocycles. The average Bonchev–Trinajstić information content (AvgIpc) is 3.28. The molecule has 20 heavy (non-hydrogen) atoms. The van der Waals surface area contributed by atoms with Crippen molar-refractivity contribution >= 4 is 10.0 Å². The van der Waals surface area contributed by atoms with Gasteiger partial charge in [-0.2, -0.15) is 0 Å². The Morgan fingerprint density at radius 3 is 2.60 bits per heavy atom. The van der Waals surface area contributed by atoms with E-state index in [0.717, 1.165) is 18.8 Å². The van der Waals surface area contributed by atoms with E-state index in [1.165, 1.54) is 12.8 Å². The second kappa shape index (κ2) is 4.83. The summed E-state index contributed by atoms with van der Waals surface area (Å²) in [5.74, 6) is 0.732. The Bertz CT molecular complexity index is 616. The smallest absolute Gasteiger partial charge is 0.240 e. The Morgan fingerprint density at radius 1 is 1.35 bits per heavy atom. The first kappa shape index (κ1) is 14.0. The van der Waals surface area contributed by atoms with Gasteiger partial charge in [-0.1, -0.05) is 12.1 Å². The van der Waals surface area contributed by atoms with Crippen LogP contribution in [0.3, 0.4) is 0 Å². The van der Waals surface area contributed by atoms with Crippen molar-refractivity contribution in [1.29, 1.82) is 0 Å². The Labute approximate surface area is 120 Å². The highest BCUT2D eigenvalue weighted by Gasteiger charge is 2.53. The minimum atomic E-state index is -3.48. The van der Waals surface area contributed by atoms with Crippen LogP contribution in [0.15, 0.2) is 23.1 Å². The molecule has 4 nitrogen and oxygen atoms in total. The third-order valence-corrected chi connectivity index (χ3v) is 6.22. The highest BCUT2D eigenvalue weighted by molar-refractivity contribution is 7.89. The lowest BCUT2D eigenvalue weighted by molar-refractivity contribution is 0.281. The minimum absolute atomic E-state index is 0.144. The molecule has 2 saturated carbocycles. The summed E-state index contributed by atoms with van der Waals surface area (Å²) in [6.07, 6.45) is 4.80. The van der Waals surface area contributed by atoms with Crippen LogP contribution in [-0.2, 0) is 16.6 Å². The van der Waals surface area contributed by atoms with E-state index in [1.54, 1.807) is 25.1 Å². The van der Waals surface area contributed by atoms with Gasteiger partial charge in [0.1, 0.15) is 0 Å². The van der Waals surface area contributed by atoms with Crippen LogP contribution in [0, 0.1) is 18.3 Å². The lowest BCUT2D eigenvalue weighted by Crippen LogP contribution is -2.31.